The minimum Gasteiger partial charge on any atom is -0.293 e. The van der Waals surface area contributed by atoms with Gasteiger partial charge in [0.1, 0.15) is 0 Å². The predicted molar refractivity (Wildman–Crippen MR) is 46.7 cm³/mol. The maximum atomic E-state index is 10.6. The molecule has 56 valence electrons. The van der Waals surface area contributed by atoms with Crippen molar-refractivity contribution in [3.8, 4) is 0 Å². The van der Waals surface area contributed by atoms with E-state index in [0.717, 1.165) is 6.42 Å². The van der Waals surface area contributed by atoms with E-state index in [9.17, 15) is 4.79 Å². The number of allylic oxidation sites excluding steroid dienone is 1. The molecule has 0 saturated carbocycles. The van der Waals surface area contributed by atoms with E-state index in [0.29, 0.717) is 6.42 Å². The van der Waals surface area contributed by atoms with Crippen molar-refractivity contribution in [1.82, 2.24) is 0 Å². The average Bonchev–Trinajstić information content (AvgIpc) is 1.79. The van der Waals surface area contributed by atoms with Crippen LogP contribution < -0.4 is 0 Å². The van der Waals surface area contributed by atoms with Crippen LogP contribution in [0.25, 0.3) is 0 Å². The van der Waals surface area contributed by atoms with Crippen LogP contribution >= 0.6 is 24.4 Å². The zero-order chi connectivity index (χ0) is 6.53. The van der Waals surface area contributed by atoms with Crippen molar-refractivity contribution in [2.75, 3.05) is 0 Å². The van der Waals surface area contributed by atoms with Crippen molar-refractivity contribution in [1.29, 1.82) is 0 Å². The molecule has 0 atom stereocenters. The van der Waals surface area contributed by atoms with E-state index >= 15 is 0 Å². The molecule has 0 aromatic carbocycles. The zero-order valence-electron chi connectivity index (χ0n) is 5.32. The summed E-state index contributed by atoms with van der Waals surface area (Å²) in [5, 5.41) is 1.89. The highest BCUT2D eigenvalue weighted by molar-refractivity contribution is 8.01. The van der Waals surface area contributed by atoms with Gasteiger partial charge in [0.05, 0.1) is 6.21 Å². The van der Waals surface area contributed by atoms with E-state index in [1.54, 1.807) is 0 Å². The summed E-state index contributed by atoms with van der Waals surface area (Å²) in [5.41, 5.74) is 0. The lowest BCUT2D eigenvalue weighted by molar-refractivity contribution is -0.112. The number of hydrogen-bond acceptors (Lipinski definition) is 3. The molecule has 0 bridgehead atoms. The summed E-state index contributed by atoms with van der Waals surface area (Å²) >= 11 is 1.30. The fourth-order valence-electron chi connectivity index (χ4n) is 0.526. The first-order chi connectivity index (χ1) is 4.39. The van der Waals surface area contributed by atoms with Crippen LogP contribution in [0, 0.1) is 0 Å². The van der Waals surface area contributed by atoms with Crippen LogP contribution in [0.5, 0.6) is 0 Å². The van der Waals surface area contributed by atoms with Gasteiger partial charge in [-0.05, 0) is 11.8 Å². The molecule has 1 heterocycles. The highest BCUT2D eigenvalue weighted by Gasteiger charge is 1.95. The minimum atomic E-state index is 0. The summed E-state index contributed by atoms with van der Waals surface area (Å²) in [6, 6.07) is 0. The second kappa shape index (κ2) is 5.50. The van der Waals surface area contributed by atoms with Crippen molar-refractivity contribution in [3.05, 3.63) is 11.5 Å². The maximum absolute atomic E-state index is 10.6. The second-order valence-corrected chi connectivity index (χ2v) is 2.41. The van der Waals surface area contributed by atoms with Crippen LogP contribution in [0.4, 0.5) is 0 Å². The lowest BCUT2D eigenvalue weighted by atomic mass is 10.2. The molecule has 0 saturated heterocycles. The summed E-state index contributed by atoms with van der Waals surface area (Å²) in [4.78, 5) is 10.6. The summed E-state index contributed by atoms with van der Waals surface area (Å²) in [5.74, 6) is 0.117. The summed E-state index contributed by atoms with van der Waals surface area (Å²) in [7, 11) is 0. The fourth-order valence-corrected chi connectivity index (χ4v) is 0.996. The molecule has 0 unspecified atom stereocenters. The Balaban J connectivity index is 0.000000810. The van der Waals surface area contributed by atoms with Crippen LogP contribution in [0.3, 0.4) is 0 Å². The molecule has 10 heavy (non-hydrogen) atoms. The van der Waals surface area contributed by atoms with Gasteiger partial charge in [-0.1, -0.05) is 6.08 Å². The van der Waals surface area contributed by atoms with Crippen molar-refractivity contribution < 1.29 is 4.79 Å². The Morgan fingerprint density at radius 2 is 2.40 bits per heavy atom. The van der Waals surface area contributed by atoms with E-state index in [-0.39, 0.29) is 18.2 Å². The molecule has 0 fully saturated rings. The van der Waals surface area contributed by atoms with Gasteiger partial charge in [-0.15, -0.1) is 12.4 Å². The quantitative estimate of drug-likeness (QED) is 0.530. The molecule has 0 aliphatic carbocycles. The Morgan fingerprint density at radius 1 is 1.60 bits per heavy atom. The number of nitrogens with zero attached hydrogens (tertiary/aromatic N) is 1. The molecule has 0 radical (unpaired) electrons. The monoisotopic (exact) mass is 177 g/mol. The van der Waals surface area contributed by atoms with Crippen LogP contribution in [0.1, 0.15) is 12.8 Å². The number of ketones is 1. The fraction of sp³-hybridized carbons (Fsp3) is 0.333. The number of Topliss-reactive ketones (excluding diaryl/α,β-unsaturated/α-hetero) is 1. The van der Waals surface area contributed by atoms with Crippen molar-refractivity contribution in [2.24, 2.45) is 4.40 Å². The number of carbonyl (C=O) groups excluding carboxylic acids is 1. The first-order valence-corrected chi connectivity index (χ1v) is 3.60. The highest BCUT2D eigenvalue weighted by atomic mass is 35.5. The number of carbonyl (C=O) groups is 1. The first-order valence-electron chi connectivity index (χ1n) is 2.76. The van der Waals surface area contributed by atoms with Gasteiger partial charge in [-0.2, -0.15) is 0 Å². The van der Waals surface area contributed by atoms with Crippen LogP contribution in [-0.2, 0) is 4.79 Å². The van der Waals surface area contributed by atoms with Gasteiger partial charge in [0, 0.05) is 18.4 Å². The third-order valence-electron chi connectivity index (χ3n) is 0.972. The van der Waals surface area contributed by atoms with Gasteiger partial charge in [-0.25, -0.2) is 4.40 Å². The summed E-state index contributed by atoms with van der Waals surface area (Å²) < 4.78 is 3.77. The molecule has 2 nitrogen and oxygen atoms in total. The molecule has 0 aromatic rings. The Hall–Kier alpha value is -0.280. The molecule has 0 spiro atoms. The molecule has 1 aliphatic heterocycles. The highest BCUT2D eigenvalue weighted by Crippen LogP contribution is 2.07. The Bertz CT molecular complexity index is 167. The first kappa shape index (κ1) is 9.72. The van der Waals surface area contributed by atoms with Crippen LogP contribution in [-0.4, -0.2) is 12.0 Å². The van der Waals surface area contributed by atoms with Gasteiger partial charge in [0.2, 0.25) is 0 Å². The summed E-state index contributed by atoms with van der Waals surface area (Å²) in [6.45, 7) is 0. The average molecular weight is 178 g/mol. The SMILES string of the molecule is Cl.O=C1/C=N\S/C=C\CC1. The van der Waals surface area contributed by atoms with Gasteiger partial charge >= 0.3 is 0 Å². The standard InChI is InChI=1S/C6H7NOS.ClH/c8-6-3-1-2-4-9-7-5-6;/h2,4-5H,1,3H2;1H/b4-2-,7-5-;. The second-order valence-electron chi connectivity index (χ2n) is 1.72. The Morgan fingerprint density at radius 3 is 3.20 bits per heavy atom. The minimum absolute atomic E-state index is 0. The Kier molecular flexibility index (Phi) is 5.35. The van der Waals surface area contributed by atoms with Gasteiger partial charge in [0.15, 0.2) is 5.78 Å². The molecular weight excluding hydrogens is 170 g/mol. The van der Waals surface area contributed by atoms with E-state index in [1.807, 2.05) is 11.5 Å². The lowest BCUT2D eigenvalue weighted by Gasteiger charge is -1.91. The van der Waals surface area contributed by atoms with E-state index < -0.39 is 0 Å². The number of halogens is 1. The lowest BCUT2D eigenvalue weighted by Crippen LogP contribution is -1.97. The third-order valence-corrected chi connectivity index (χ3v) is 1.51. The molecule has 4 heteroatoms. The number of hydrogen-bond donors (Lipinski definition) is 0. The van der Waals surface area contributed by atoms with Gasteiger partial charge < -0.3 is 0 Å². The topological polar surface area (TPSA) is 29.4 Å². The number of rotatable bonds is 0. The molecule has 0 aromatic heterocycles. The van der Waals surface area contributed by atoms with Crippen LogP contribution in [0.2, 0.25) is 0 Å². The predicted octanol–water partition coefficient (Wildman–Crippen LogP) is 2.00. The van der Waals surface area contributed by atoms with E-state index in [4.69, 9.17) is 0 Å². The van der Waals surface area contributed by atoms with Gasteiger partial charge in [-0.3, -0.25) is 4.79 Å². The normalized spacial score (nSPS) is 23.8. The summed E-state index contributed by atoms with van der Waals surface area (Å²) in [6.07, 6.45) is 4.78. The Labute approximate surface area is 70.3 Å². The van der Waals surface area contributed by atoms with Crippen molar-refractivity contribution in [2.45, 2.75) is 12.8 Å². The molecule has 0 amide bonds. The molecule has 0 N–H and O–H groups in total. The smallest absolute Gasteiger partial charge is 0.174 e. The molecule has 1 aliphatic rings. The van der Waals surface area contributed by atoms with Crippen molar-refractivity contribution in [3.63, 3.8) is 0 Å². The third kappa shape index (κ3) is 3.69. The zero-order valence-corrected chi connectivity index (χ0v) is 6.95. The largest absolute Gasteiger partial charge is 0.293 e. The van der Waals surface area contributed by atoms with Crippen molar-refractivity contribution >= 4 is 36.4 Å². The maximum Gasteiger partial charge on any atom is 0.174 e. The molecular formula is C6H8ClNOS. The van der Waals surface area contributed by atoms with Gasteiger partial charge in [0.25, 0.3) is 0 Å². The van der Waals surface area contributed by atoms with E-state index in [2.05, 4.69) is 4.40 Å². The van der Waals surface area contributed by atoms with E-state index in [1.165, 1.54) is 18.2 Å². The molecule has 1 rings (SSSR count). The van der Waals surface area contributed by atoms with Crippen LogP contribution in [0.15, 0.2) is 15.9 Å².